The van der Waals surface area contributed by atoms with Crippen molar-refractivity contribution in [1.29, 1.82) is 0 Å². The van der Waals surface area contributed by atoms with Gasteiger partial charge in [0.25, 0.3) is 0 Å². The third kappa shape index (κ3) is 3.04. The lowest BCUT2D eigenvalue weighted by Crippen LogP contribution is -2.21. The average molecular weight is 261 g/mol. The molecule has 1 atom stereocenters. The summed E-state index contributed by atoms with van der Waals surface area (Å²) in [6.45, 7) is 5.14. The topological polar surface area (TPSA) is 47.7 Å². The van der Waals surface area contributed by atoms with Crippen molar-refractivity contribution in [3.8, 4) is 0 Å². The zero-order chi connectivity index (χ0) is 13.8. The van der Waals surface area contributed by atoms with Gasteiger partial charge in [-0.3, -0.25) is 9.36 Å². The maximum atomic E-state index is 4.52. The lowest BCUT2D eigenvalue weighted by atomic mass is 10.1. The van der Waals surface area contributed by atoms with E-state index in [0.717, 1.165) is 25.1 Å². The van der Waals surface area contributed by atoms with Crippen LogP contribution < -0.4 is 5.32 Å². The second-order valence-corrected chi connectivity index (χ2v) is 4.79. The van der Waals surface area contributed by atoms with Crippen LogP contribution >= 0.6 is 0 Å². The maximum absolute atomic E-state index is 4.52. The number of hydrogen-bond acceptors (Lipinski definition) is 3. The Balaban J connectivity index is 2.17. The second-order valence-electron chi connectivity index (χ2n) is 4.79. The Kier molecular flexibility index (Phi) is 4.37. The van der Waals surface area contributed by atoms with Crippen LogP contribution in [-0.4, -0.2) is 26.6 Å². The molecule has 0 amide bonds. The van der Waals surface area contributed by atoms with Crippen molar-refractivity contribution in [3.63, 3.8) is 0 Å². The molecule has 0 radical (unpaired) electrons. The molecule has 2 rings (SSSR count). The van der Waals surface area contributed by atoms with E-state index in [1.165, 1.54) is 11.3 Å². The van der Waals surface area contributed by atoms with E-state index in [-0.39, 0.29) is 6.04 Å². The van der Waals surface area contributed by atoms with Gasteiger partial charge in [0.2, 0.25) is 0 Å². The van der Waals surface area contributed by atoms with E-state index in [9.17, 15) is 0 Å². The number of rotatable bonds is 6. The van der Waals surface area contributed by atoms with E-state index >= 15 is 0 Å². The average Bonchev–Trinajstić information content (AvgIpc) is 3.02. The molecule has 5 nitrogen and oxygen atoms in total. The van der Waals surface area contributed by atoms with Crippen LogP contribution in [0.2, 0.25) is 0 Å². The van der Waals surface area contributed by atoms with Gasteiger partial charge in [-0.05, 0) is 38.4 Å². The van der Waals surface area contributed by atoms with E-state index in [4.69, 9.17) is 0 Å². The highest BCUT2D eigenvalue weighted by molar-refractivity contribution is 5.18. The van der Waals surface area contributed by atoms with Gasteiger partial charge in [-0.15, -0.1) is 0 Å². The number of nitrogens with zero attached hydrogens (tertiary/aromatic N) is 4. The van der Waals surface area contributed by atoms with Gasteiger partial charge in [0.15, 0.2) is 0 Å². The van der Waals surface area contributed by atoms with Crippen molar-refractivity contribution in [3.05, 3.63) is 35.4 Å². The molecule has 2 heterocycles. The Morgan fingerprint density at radius 2 is 2.16 bits per heavy atom. The van der Waals surface area contributed by atoms with Gasteiger partial charge < -0.3 is 5.32 Å². The highest BCUT2D eigenvalue weighted by Gasteiger charge is 2.16. The van der Waals surface area contributed by atoms with E-state index in [0.29, 0.717) is 0 Å². The highest BCUT2D eigenvalue weighted by atomic mass is 15.3. The predicted octanol–water partition coefficient (Wildman–Crippen LogP) is 1.70. The molecule has 2 aromatic heterocycles. The lowest BCUT2D eigenvalue weighted by molar-refractivity contribution is 0.536. The van der Waals surface area contributed by atoms with Crippen LogP contribution in [0.15, 0.2) is 18.5 Å². The molecule has 0 fully saturated rings. The first kappa shape index (κ1) is 13.8. The SMILES string of the molecule is CCc1cc(C(Cc2cnn(CC)c2)NC)n(C)n1. The fourth-order valence-corrected chi connectivity index (χ4v) is 2.32. The minimum absolute atomic E-state index is 0.271. The monoisotopic (exact) mass is 261 g/mol. The molecule has 5 heteroatoms. The molecule has 104 valence electrons. The fourth-order valence-electron chi connectivity index (χ4n) is 2.32. The van der Waals surface area contributed by atoms with Crippen molar-refractivity contribution in [2.24, 2.45) is 7.05 Å². The predicted molar refractivity (Wildman–Crippen MR) is 76.0 cm³/mol. The van der Waals surface area contributed by atoms with Gasteiger partial charge >= 0.3 is 0 Å². The normalized spacial score (nSPS) is 12.8. The van der Waals surface area contributed by atoms with E-state index < -0.39 is 0 Å². The Morgan fingerprint density at radius 3 is 2.68 bits per heavy atom. The molecule has 0 saturated carbocycles. The molecular formula is C14H23N5. The largest absolute Gasteiger partial charge is 0.311 e. The molecule has 0 spiro atoms. The molecule has 1 unspecified atom stereocenters. The van der Waals surface area contributed by atoms with Crippen LogP contribution in [0, 0.1) is 0 Å². The summed E-state index contributed by atoms with van der Waals surface area (Å²) in [5, 5.41) is 12.2. The van der Waals surface area contributed by atoms with Gasteiger partial charge in [0, 0.05) is 19.8 Å². The van der Waals surface area contributed by atoms with Crippen LogP contribution in [0.25, 0.3) is 0 Å². The first-order chi connectivity index (χ1) is 9.17. The highest BCUT2D eigenvalue weighted by Crippen LogP contribution is 2.18. The third-order valence-electron chi connectivity index (χ3n) is 3.48. The van der Waals surface area contributed by atoms with Gasteiger partial charge in [0.05, 0.1) is 23.6 Å². The first-order valence-corrected chi connectivity index (χ1v) is 6.89. The van der Waals surface area contributed by atoms with Crippen molar-refractivity contribution < 1.29 is 0 Å². The van der Waals surface area contributed by atoms with Crippen molar-refractivity contribution in [1.82, 2.24) is 24.9 Å². The minimum Gasteiger partial charge on any atom is -0.311 e. The van der Waals surface area contributed by atoms with Gasteiger partial charge in [0.1, 0.15) is 0 Å². The van der Waals surface area contributed by atoms with Gasteiger partial charge in [-0.25, -0.2) is 0 Å². The van der Waals surface area contributed by atoms with Crippen LogP contribution in [0.5, 0.6) is 0 Å². The van der Waals surface area contributed by atoms with Gasteiger partial charge in [-0.1, -0.05) is 6.92 Å². The summed E-state index contributed by atoms with van der Waals surface area (Å²) in [4.78, 5) is 0. The number of hydrogen-bond donors (Lipinski definition) is 1. The van der Waals surface area contributed by atoms with Crippen LogP contribution in [-0.2, 0) is 26.4 Å². The van der Waals surface area contributed by atoms with E-state index in [2.05, 4.69) is 41.6 Å². The number of nitrogens with one attached hydrogen (secondary N) is 1. The summed E-state index contributed by atoms with van der Waals surface area (Å²) >= 11 is 0. The molecule has 0 aliphatic carbocycles. The van der Waals surface area contributed by atoms with Crippen LogP contribution in [0.4, 0.5) is 0 Å². The molecule has 2 aromatic rings. The summed E-state index contributed by atoms with van der Waals surface area (Å²) in [5.74, 6) is 0. The molecule has 0 aliphatic heterocycles. The molecule has 19 heavy (non-hydrogen) atoms. The lowest BCUT2D eigenvalue weighted by Gasteiger charge is -2.15. The van der Waals surface area contributed by atoms with Crippen LogP contribution in [0.1, 0.15) is 36.8 Å². The van der Waals surface area contributed by atoms with Crippen LogP contribution in [0.3, 0.4) is 0 Å². The zero-order valence-electron chi connectivity index (χ0n) is 12.2. The summed E-state index contributed by atoms with van der Waals surface area (Å²) in [6.07, 6.45) is 5.96. The molecule has 1 N–H and O–H groups in total. The minimum atomic E-state index is 0.271. The number of aromatic nitrogens is 4. The molecule has 0 aliphatic rings. The molecular weight excluding hydrogens is 238 g/mol. The summed E-state index contributed by atoms with van der Waals surface area (Å²) in [7, 11) is 4.00. The summed E-state index contributed by atoms with van der Waals surface area (Å²) < 4.78 is 3.94. The fraction of sp³-hybridized carbons (Fsp3) is 0.571. The van der Waals surface area contributed by atoms with Gasteiger partial charge in [-0.2, -0.15) is 10.2 Å². The molecule has 0 bridgehead atoms. The summed E-state index contributed by atoms with van der Waals surface area (Å²) in [5.41, 5.74) is 3.62. The Hall–Kier alpha value is -1.62. The van der Waals surface area contributed by atoms with Crippen molar-refractivity contribution >= 4 is 0 Å². The number of aryl methyl sites for hydroxylation is 3. The molecule has 0 aromatic carbocycles. The Morgan fingerprint density at radius 1 is 1.37 bits per heavy atom. The van der Waals surface area contributed by atoms with E-state index in [1.54, 1.807) is 0 Å². The third-order valence-corrected chi connectivity index (χ3v) is 3.48. The maximum Gasteiger partial charge on any atom is 0.0625 e. The first-order valence-electron chi connectivity index (χ1n) is 6.89. The van der Waals surface area contributed by atoms with Crippen molar-refractivity contribution in [2.75, 3.05) is 7.05 Å². The second kappa shape index (κ2) is 6.02. The van der Waals surface area contributed by atoms with E-state index in [1.807, 2.05) is 29.7 Å². The Labute approximate surface area is 114 Å². The smallest absolute Gasteiger partial charge is 0.0625 e. The summed E-state index contributed by atoms with van der Waals surface area (Å²) in [6, 6.07) is 2.46. The zero-order valence-corrected chi connectivity index (χ0v) is 12.2. The molecule has 0 saturated heterocycles. The standard InChI is InChI=1S/C14H23N5/c1-5-12-8-14(18(4)17-12)13(15-3)7-11-9-16-19(6-2)10-11/h8-10,13,15H,5-7H2,1-4H3. The quantitative estimate of drug-likeness (QED) is 0.861. The number of likely N-dealkylation sites (N-methyl/N-ethyl adjacent to an activating group) is 1. The van der Waals surface area contributed by atoms with Crippen molar-refractivity contribution in [2.45, 2.75) is 39.3 Å². The Bertz CT molecular complexity index is 526.